The summed E-state index contributed by atoms with van der Waals surface area (Å²) in [7, 11) is 1.62. The van der Waals surface area contributed by atoms with Crippen molar-refractivity contribution < 1.29 is 14.2 Å². The highest BCUT2D eigenvalue weighted by Gasteiger charge is 2.26. The third kappa shape index (κ3) is 3.17. The number of benzene rings is 2. The van der Waals surface area contributed by atoms with Crippen LogP contribution in [0.4, 0.5) is 4.39 Å². The summed E-state index contributed by atoms with van der Waals surface area (Å²) in [5.74, 6) is 0.541. The Hall–Kier alpha value is -1.87. The van der Waals surface area contributed by atoms with Crippen LogP contribution >= 0.6 is 0 Å². The van der Waals surface area contributed by atoms with Crippen molar-refractivity contribution in [2.75, 3.05) is 13.7 Å². The van der Waals surface area contributed by atoms with Gasteiger partial charge in [0, 0.05) is 5.41 Å². The zero-order chi connectivity index (χ0) is 14.6. The van der Waals surface area contributed by atoms with Crippen LogP contribution in [-0.2, 0) is 11.8 Å². The zero-order valence-electron chi connectivity index (χ0n) is 11.8. The van der Waals surface area contributed by atoms with E-state index >= 15 is 0 Å². The summed E-state index contributed by atoms with van der Waals surface area (Å²) in [4.78, 5) is 0. The number of hydrogen-bond donors (Lipinski definition) is 1. The minimum Gasteiger partial charge on any atom is -0.497 e. The SMILES string of the molecule is COc1ccc(C(C)(CO)Cc2ccc(F)cc2)cc1. The van der Waals surface area contributed by atoms with Gasteiger partial charge in [0.15, 0.2) is 0 Å². The van der Waals surface area contributed by atoms with Crippen molar-refractivity contribution >= 4 is 0 Å². The van der Waals surface area contributed by atoms with Gasteiger partial charge in [0.05, 0.1) is 13.7 Å². The number of methoxy groups -OCH3 is 1. The van der Waals surface area contributed by atoms with Gasteiger partial charge in [-0.3, -0.25) is 0 Å². The molecule has 2 rings (SSSR count). The molecule has 0 bridgehead atoms. The van der Waals surface area contributed by atoms with E-state index in [2.05, 4.69) is 0 Å². The van der Waals surface area contributed by atoms with Gasteiger partial charge in [-0.05, 0) is 41.8 Å². The Kier molecular flexibility index (Phi) is 4.40. The molecular weight excluding hydrogens is 255 g/mol. The maximum Gasteiger partial charge on any atom is 0.123 e. The molecule has 0 radical (unpaired) electrons. The number of rotatable bonds is 5. The fourth-order valence-electron chi connectivity index (χ4n) is 2.30. The van der Waals surface area contributed by atoms with E-state index in [-0.39, 0.29) is 12.4 Å². The van der Waals surface area contributed by atoms with Crippen LogP contribution in [0.3, 0.4) is 0 Å². The largest absolute Gasteiger partial charge is 0.497 e. The third-order valence-corrected chi connectivity index (χ3v) is 3.64. The zero-order valence-corrected chi connectivity index (χ0v) is 11.8. The van der Waals surface area contributed by atoms with Gasteiger partial charge in [0.2, 0.25) is 0 Å². The average Bonchev–Trinajstić information content (AvgIpc) is 2.49. The van der Waals surface area contributed by atoms with Crippen molar-refractivity contribution in [2.24, 2.45) is 0 Å². The minimum absolute atomic E-state index is 0.0245. The fraction of sp³-hybridized carbons (Fsp3) is 0.294. The van der Waals surface area contributed by atoms with Gasteiger partial charge in [-0.2, -0.15) is 0 Å². The van der Waals surface area contributed by atoms with E-state index in [1.54, 1.807) is 19.2 Å². The molecule has 0 saturated heterocycles. The van der Waals surface area contributed by atoms with Crippen molar-refractivity contribution in [1.82, 2.24) is 0 Å². The lowest BCUT2D eigenvalue weighted by atomic mass is 9.78. The molecule has 106 valence electrons. The van der Waals surface area contributed by atoms with Crippen LogP contribution < -0.4 is 4.74 Å². The smallest absolute Gasteiger partial charge is 0.123 e. The highest BCUT2D eigenvalue weighted by atomic mass is 19.1. The van der Waals surface area contributed by atoms with E-state index in [1.807, 2.05) is 31.2 Å². The van der Waals surface area contributed by atoms with Crippen LogP contribution in [0.1, 0.15) is 18.1 Å². The Morgan fingerprint density at radius 2 is 1.65 bits per heavy atom. The van der Waals surface area contributed by atoms with Crippen LogP contribution in [0.5, 0.6) is 5.75 Å². The van der Waals surface area contributed by atoms with E-state index in [1.165, 1.54) is 12.1 Å². The molecular formula is C17H19FO2. The standard InChI is InChI=1S/C17H19FO2/c1-17(12-19,11-13-3-7-15(18)8-4-13)14-5-9-16(20-2)10-6-14/h3-10,19H,11-12H2,1-2H3. The van der Waals surface area contributed by atoms with Gasteiger partial charge in [-0.25, -0.2) is 4.39 Å². The second-order valence-corrected chi connectivity index (χ2v) is 5.25. The monoisotopic (exact) mass is 274 g/mol. The van der Waals surface area contributed by atoms with Crippen molar-refractivity contribution in [2.45, 2.75) is 18.8 Å². The molecule has 0 aliphatic carbocycles. The Labute approximate surface area is 118 Å². The predicted molar refractivity (Wildman–Crippen MR) is 77.5 cm³/mol. The molecule has 0 saturated carbocycles. The van der Waals surface area contributed by atoms with E-state index in [9.17, 15) is 9.50 Å². The molecule has 0 fully saturated rings. The molecule has 20 heavy (non-hydrogen) atoms. The molecule has 1 unspecified atom stereocenters. The van der Waals surface area contributed by atoms with Gasteiger partial charge in [0.1, 0.15) is 11.6 Å². The molecule has 0 amide bonds. The molecule has 2 aromatic carbocycles. The molecule has 0 aliphatic heterocycles. The molecule has 2 aromatic rings. The first kappa shape index (κ1) is 14.5. The van der Waals surface area contributed by atoms with Gasteiger partial charge in [0.25, 0.3) is 0 Å². The van der Waals surface area contributed by atoms with Crippen LogP contribution in [0.15, 0.2) is 48.5 Å². The number of aliphatic hydroxyl groups excluding tert-OH is 1. The normalized spacial score (nSPS) is 13.8. The fourth-order valence-corrected chi connectivity index (χ4v) is 2.30. The number of hydrogen-bond acceptors (Lipinski definition) is 2. The Morgan fingerprint density at radius 1 is 1.05 bits per heavy atom. The molecule has 0 spiro atoms. The minimum atomic E-state index is -0.399. The Balaban J connectivity index is 2.25. The van der Waals surface area contributed by atoms with Gasteiger partial charge in [-0.15, -0.1) is 0 Å². The maximum atomic E-state index is 12.9. The quantitative estimate of drug-likeness (QED) is 0.906. The third-order valence-electron chi connectivity index (χ3n) is 3.64. The first-order valence-electron chi connectivity index (χ1n) is 6.57. The summed E-state index contributed by atoms with van der Waals surface area (Å²) in [6.45, 7) is 2.02. The van der Waals surface area contributed by atoms with Gasteiger partial charge in [-0.1, -0.05) is 31.2 Å². The molecule has 1 atom stereocenters. The number of aliphatic hydroxyl groups is 1. The summed E-state index contributed by atoms with van der Waals surface area (Å²) in [5, 5.41) is 9.78. The summed E-state index contributed by atoms with van der Waals surface area (Å²) in [6, 6.07) is 14.1. The highest BCUT2D eigenvalue weighted by molar-refractivity contribution is 5.34. The first-order chi connectivity index (χ1) is 9.57. The van der Waals surface area contributed by atoms with Crippen molar-refractivity contribution in [1.29, 1.82) is 0 Å². The topological polar surface area (TPSA) is 29.5 Å². The average molecular weight is 274 g/mol. The molecule has 2 nitrogen and oxygen atoms in total. The highest BCUT2D eigenvalue weighted by Crippen LogP contribution is 2.29. The van der Waals surface area contributed by atoms with Crippen molar-refractivity contribution in [3.05, 3.63) is 65.5 Å². The molecule has 3 heteroatoms. The molecule has 0 heterocycles. The molecule has 0 aromatic heterocycles. The number of halogens is 1. The molecule has 0 aliphatic rings. The van der Waals surface area contributed by atoms with E-state index < -0.39 is 5.41 Å². The van der Waals surface area contributed by atoms with E-state index in [0.717, 1.165) is 16.9 Å². The van der Waals surface area contributed by atoms with Gasteiger partial charge < -0.3 is 9.84 Å². The lowest BCUT2D eigenvalue weighted by Gasteiger charge is -2.28. The second-order valence-electron chi connectivity index (χ2n) is 5.25. The Morgan fingerprint density at radius 3 is 2.15 bits per heavy atom. The van der Waals surface area contributed by atoms with Crippen molar-refractivity contribution in [3.63, 3.8) is 0 Å². The second kappa shape index (κ2) is 6.06. The van der Waals surface area contributed by atoms with E-state index in [0.29, 0.717) is 6.42 Å². The summed E-state index contributed by atoms with van der Waals surface area (Å²) in [5.41, 5.74) is 1.63. The lowest BCUT2D eigenvalue weighted by Crippen LogP contribution is -2.29. The lowest BCUT2D eigenvalue weighted by molar-refractivity contribution is 0.204. The summed E-state index contributed by atoms with van der Waals surface area (Å²) < 4.78 is 18.1. The number of ether oxygens (including phenoxy) is 1. The van der Waals surface area contributed by atoms with Crippen LogP contribution in [0, 0.1) is 5.82 Å². The first-order valence-corrected chi connectivity index (χ1v) is 6.57. The summed E-state index contributed by atoms with van der Waals surface area (Å²) >= 11 is 0. The maximum absolute atomic E-state index is 12.9. The Bertz CT molecular complexity index is 548. The van der Waals surface area contributed by atoms with Gasteiger partial charge >= 0.3 is 0 Å². The van der Waals surface area contributed by atoms with Crippen LogP contribution in [-0.4, -0.2) is 18.8 Å². The van der Waals surface area contributed by atoms with E-state index in [4.69, 9.17) is 4.74 Å². The summed E-state index contributed by atoms with van der Waals surface area (Å²) in [6.07, 6.45) is 0.649. The van der Waals surface area contributed by atoms with Crippen molar-refractivity contribution in [3.8, 4) is 5.75 Å². The molecule has 1 N–H and O–H groups in total. The predicted octanol–water partition coefficient (Wildman–Crippen LogP) is 3.33. The van der Waals surface area contributed by atoms with Crippen LogP contribution in [0.25, 0.3) is 0 Å². The van der Waals surface area contributed by atoms with Crippen LogP contribution in [0.2, 0.25) is 0 Å².